The molecule has 15 heavy (non-hydrogen) atoms. The number of hydrazine groups is 1. The molecular weight excluding hydrogens is 258 g/mol. The zero-order valence-corrected chi connectivity index (χ0v) is 10.1. The van der Waals surface area contributed by atoms with Crippen LogP contribution in [-0.2, 0) is 0 Å². The van der Waals surface area contributed by atoms with Gasteiger partial charge in [-0.3, -0.25) is 0 Å². The van der Waals surface area contributed by atoms with E-state index in [-0.39, 0.29) is 0 Å². The van der Waals surface area contributed by atoms with Gasteiger partial charge in [-0.1, -0.05) is 15.9 Å². The van der Waals surface area contributed by atoms with Crippen molar-refractivity contribution in [2.24, 2.45) is 5.84 Å². The van der Waals surface area contributed by atoms with E-state index in [1.54, 1.807) is 7.05 Å². The first-order chi connectivity index (χ1) is 7.08. The highest BCUT2D eigenvalue weighted by atomic mass is 79.9. The first-order valence-corrected chi connectivity index (χ1v) is 5.61. The quantitative estimate of drug-likeness (QED) is 0.501. The van der Waals surface area contributed by atoms with Gasteiger partial charge in [-0.2, -0.15) is 0 Å². The Morgan fingerprint density at radius 1 is 1.47 bits per heavy atom. The minimum Gasteiger partial charge on any atom is -0.488 e. The molecule has 0 spiro atoms. The number of halogens is 1. The van der Waals surface area contributed by atoms with E-state index < -0.39 is 0 Å². The van der Waals surface area contributed by atoms with Crippen LogP contribution < -0.4 is 21.3 Å². The van der Waals surface area contributed by atoms with Crippen LogP contribution in [0.15, 0.2) is 16.6 Å². The van der Waals surface area contributed by atoms with Gasteiger partial charge in [0.25, 0.3) is 0 Å². The number of benzene rings is 1. The molecule has 1 aliphatic rings. The van der Waals surface area contributed by atoms with Crippen LogP contribution in [0.1, 0.15) is 12.8 Å². The Hall–Kier alpha value is -0.940. The van der Waals surface area contributed by atoms with E-state index in [1.165, 1.54) is 5.01 Å². The number of nitrogens with zero attached hydrogens (tertiary/aromatic N) is 1. The van der Waals surface area contributed by atoms with Crippen LogP contribution in [0, 0.1) is 0 Å². The molecule has 0 radical (unpaired) electrons. The second kappa shape index (κ2) is 3.90. The molecule has 0 aromatic heterocycles. The highest BCUT2D eigenvalue weighted by Gasteiger charge is 2.25. The lowest BCUT2D eigenvalue weighted by molar-refractivity contribution is 0.304. The van der Waals surface area contributed by atoms with Gasteiger partial charge in [0.15, 0.2) is 0 Å². The second-order valence-corrected chi connectivity index (χ2v) is 4.69. The maximum Gasteiger partial charge on any atom is 0.147 e. The predicted octanol–water partition coefficient (Wildman–Crippen LogP) is 1.88. The first kappa shape index (κ1) is 10.6. The lowest BCUT2D eigenvalue weighted by atomic mass is 10.2. The Kier molecular flexibility index (Phi) is 2.75. The van der Waals surface area contributed by atoms with E-state index in [0.29, 0.717) is 11.8 Å². The Balaban J connectivity index is 2.38. The summed E-state index contributed by atoms with van der Waals surface area (Å²) in [6.45, 7) is 0. The fourth-order valence-electron chi connectivity index (χ4n) is 1.43. The molecule has 1 aliphatic carbocycles. The molecule has 0 aliphatic heterocycles. The van der Waals surface area contributed by atoms with Crippen molar-refractivity contribution in [2.45, 2.75) is 18.9 Å². The van der Waals surface area contributed by atoms with Crippen LogP contribution in [-0.4, -0.2) is 13.2 Å². The average Bonchev–Trinajstić information content (AvgIpc) is 2.85. The molecule has 1 fully saturated rings. The van der Waals surface area contributed by atoms with Crippen molar-refractivity contribution in [2.75, 3.05) is 17.8 Å². The highest BCUT2D eigenvalue weighted by molar-refractivity contribution is 9.10. The molecule has 0 saturated heterocycles. The summed E-state index contributed by atoms with van der Waals surface area (Å²) in [5.41, 5.74) is 7.24. The lowest BCUT2D eigenvalue weighted by Gasteiger charge is -2.19. The molecule has 0 bridgehead atoms. The summed E-state index contributed by atoms with van der Waals surface area (Å²) in [6, 6.07) is 3.71. The molecule has 0 heterocycles. The third-order valence-electron chi connectivity index (χ3n) is 2.24. The van der Waals surface area contributed by atoms with Crippen LogP contribution in [0.25, 0.3) is 0 Å². The normalized spacial score (nSPS) is 15.1. The van der Waals surface area contributed by atoms with Crippen molar-refractivity contribution in [3.8, 4) is 5.75 Å². The van der Waals surface area contributed by atoms with Crippen molar-refractivity contribution < 1.29 is 4.74 Å². The Bertz CT molecular complexity index is 377. The SMILES string of the molecule is CN(N)c1c(N)cc(Br)cc1OC1CC1. The molecule has 1 saturated carbocycles. The van der Waals surface area contributed by atoms with Crippen LogP contribution >= 0.6 is 15.9 Å². The number of nitrogens with two attached hydrogens (primary N) is 2. The Morgan fingerprint density at radius 2 is 2.13 bits per heavy atom. The minimum atomic E-state index is 0.331. The van der Waals surface area contributed by atoms with Crippen LogP contribution in [0.3, 0.4) is 0 Å². The van der Waals surface area contributed by atoms with E-state index in [0.717, 1.165) is 28.8 Å². The fraction of sp³-hybridized carbons (Fsp3) is 0.400. The molecule has 4 N–H and O–H groups in total. The monoisotopic (exact) mass is 271 g/mol. The standard InChI is InChI=1S/C10H14BrN3O/c1-14(13)10-8(12)4-6(11)5-9(10)15-7-2-3-7/h4-5,7H,2-3,12-13H2,1H3. The van der Waals surface area contributed by atoms with E-state index in [9.17, 15) is 0 Å². The van der Waals surface area contributed by atoms with Crippen LogP contribution in [0.2, 0.25) is 0 Å². The summed E-state index contributed by atoms with van der Waals surface area (Å²) in [7, 11) is 1.75. The van der Waals surface area contributed by atoms with E-state index >= 15 is 0 Å². The molecule has 0 unspecified atom stereocenters. The topological polar surface area (TPSA) is 64.5 Å². The van der Waals surface area contributed by atoms with Gasteiger partial charge in [0.05, 0.1) is 11.8 Å². The molecule has 82 valence electrons. The number of ether oxygens (including phenoxy) is 1. The van der Waals surface area contributed by atoms with Crippen LogP contribution in [0.4, 0.5) is 11.4 Å². The van der Waals surface area contributed by atoms with Crippen molar-refractivity contribution in [3.63, 3.8) is 0 Å². The van der Waals surface area contributed by atoms with Gasteiger partial charge < -0.3 is 15.5 Å². The number of hydrogen-bond acceptors (Lipinski definition) is 4. The highest BCUT2D eigenvalue weighted by Crippen LogP contribution is 2.39. The number of nitrogen functional groups attached to an aromatic ring is 1. The van der Waals surface area contributed by atoms with Gasteiger partial charge in [0, 0.05) is 11.5 Å². The van der Waals surface area contributed by atoms with Gasteiger partial charge in [-0.15, -0.1) is 0 Å². The summed E-state index contributed by atoms with van der Waals surface area (Å²) in [4.78, 5) is 0. The molecule has 0 amide bonds. The van der Waals surface area contributed by atoms with Gasteiger partial charge in [-0.25, -0.2) is 5.84 Å². The van der Waals surface area contributed by atoms with Gasteiger partial charge in [0.2, 0.25) is 0 Å². The largest absolute Gasteiger partial charge is 0.488 e. The van der Waals surface area contributed by atoms with Crippen molar-refractivity contribution in [3.05, 3.63) is 16.6 Å². The lowest BCUT2D eigenvalue weighted by Crippen LogP contribution is -2.26. The average molecular weight is 272 g/mol. The summed E-state index contributed by atoms with van der Waals surface area (Å²) in [6.07, 6.45) is 2.55. The van der Waals surface area contributed by atoms with E-state index in [1.807, 2.05) is 12.1 Å². The van der Waals surface area contributed by atoms with Gasteiger partial charge in [-0.05, 0) is 25.0 Å². The third-order valence-corrected chi connectivity index (χ3v) is 2.70. The minimum absolute atomic E-state index is 0.331. The van der Waals surface area contributed by atoms with Crippen molar-refractivity contribution in [1.29, 1.82) is 0 Å². The summed E-state index contributed by atoms with van der Waals surface area (Å²) in [5.74, 6) is 6.46. The predicted molar refractivity (Wildman–Crippen MR) is 64.8 cm³/mol. The molecule has 1 aromatic rings. The maximum absolute atomic E-state index is 5.89. The summed E-state index contributed by atoms with van der Waals surface area (Å²) in [5, 5.41) is 1.49. The Labute approximate surface area is 97.3 Å². The van der Waals surface area contributed by atoms with Crippen LogP contribution in [0.5, 0.6) is 5.75 Å². The number of rotatable bonds is 3. The fourth-order valence-corrected chi connectivity index (χ4v) is 1.88. The number of anilines is 2. The van der Waals surface area contributed by atoms with E-state index in [2.05, 4.69) is 15.9 Å². The second-order valence-electron chi connectivity index (χ2n) is 3.77. The van der Waals surface area contributed by atoms with Gasteiger partial charge >= 0.3 is 0 Å². The molecule has 5 heteroatoms. The Morgan fingerprint density at radius 3 is 2.67 bits per heavy atom. The van der Waals surface area contributed by atoms with Gasteiger partial charge in [0.1, 0.15) is 11.4 Å². The smallest absolute Gasteiger partial charge is 0.147 e. The summed E-state index contributed by atoms with van der Waals surface area (Å²) >= 11 is 3.39. The molecule has 0 atom stereocenters. The maximum atomic E-state index is 5.89. The van der Waals surface area contributed by atoms with Crippen molar-refractivity contribution >= 4 is 27.3 Å². The molecule has 4 nitrogen and oxygen atoms in total. The molecule has 2 rings (SSSR count). The van der Waals surface area contributed by atoms with Crippen molar-refractivity contribution in [1.82, 2.24) is 0 Å². The summed E-state index contributed by atoms with van der Waals surface area (Å²) < 4.78 is 6.65. The zero-order chi connectivity index (χ0) is 11.0. The van der Waals surface area contributed by atoms with E-state index in [4.69, 9.17) is 16.3 Å². The zero-order valence-electron chi connectivity index (χ0n) is 8.53. The number of hydrogen-bond donors (Lipinski definition) is 2. The first-order valence-electron chi connectivity index (χ1n) is 4.82. The molecular formula is C10H14BrN3O. The molecule has 1 aromatic carbocycles. The third kappa shape index (κ3) is 2.35.